The molecule has 0 bridgehead atoms. The fraction of sp³-hybridized carbons (Fsp3) is 0.364. The number of halogens is 2. The van der Waals surface area contributed by atoms with Gasteiger partial charge in [0.05, 0.1) is 17.7 Å². The number of hydrogen-bond acceptors (Lipinski definition) is 4. The molecule has 2 saturated heterocycles. The topological polar surface area (TPSA) is 61.9 Å². The van der Waals surface area contributed by atoms with Crippen molar-refractivity contribution in [1.29, 1.82) is 0 Å². The number of benzene rings is 2. The summed E-state index contributed by atoms with van der Waals surface area (Å²) in [5.74, 6) is -0.0953. The van der Waals surface area contributed by atoms with Crippen molar-refractivity contribution >= 4 is 29.4 Å². The third kappa shape index (κ3) is 4.32. The highest BCUT2D eigenvalue weighted by Gasteiger charge is 2.47. The van der Waals surface area contributed by atoms with E-state index < -0.39 is 17.7 Å². The molecule has 9 heteroatoms. The largest absolute Gasteiger partial charge is 0.497 e. The first-order valence-electron chi connectivity index (χ1n) is 10.0. The first-order chi connectivity index (χ1) is 14.9. The summed E-state index contributed by atoms with van der Waals surface area (Å²) >= 11 is 1.74. The van der Waals surface area contributed by atoms with Crippen LogP contribution >= 0.6 is 11.8 Å². The van der Waals surface area contributed by atoms with Gasteiger partial charge in [-0.05, 0) is 43.2 Å². The minimum absolute atomic E-state index is 0.0461. The van der Waals surface area contributed by atoms with Crippen molar-refractivity contribution in [2.45, 2.75) is 17.7 Å². The maximum absolute atomic E-state index is 13.8. The van der Waals surface area contributed by atoms with Gasteiger partial charge < -0.3 is 19.9 Å². The van der Waals surface area contributed by atoms with Gasteiger partial charge in [0.25, 0.3) is 5.91 Å². The SMILES string of the molecule is COc1cccc(C(=O)N2CCSC23CCN(C(=O)Nc2ccc(F)cc2F)CC3)c1. The number of amides is 3. The van der Waals surface area contributed by atoms with Crippen LogP contribution in [0.5, 0.6) is 5.75 Å². The summed E-state index contributed by atoms with van der Waals surface area (Å²) < 4.78 is 32.1. The standard InChI is InChI=1S/C22H23F2N3O3S/c1-30-17-4-2-3-15(13-17)20(28)27-11-12-31-22(27)7-9-26(10-8-22)21(29)25-19-6-5-16(23)14-18(19)24/h2-6,13-14H,7-12H2,1H3,(H,25,29). The quantitative estimate of drug-likeness (QED) is 0.767. The third-order valence-electron chi connectivity index (χ3n) is 5.74. The molecule has 2 aliphatic rings. The molecule has 0 saturated carbocycles. The highest BCUT2D eigenvalue weighted by atomic mass is 32.2. The van der Waals surface area contributed by atoms with Crippen LogP contribution in [0.3, 0.4) is 0 Å². The number of nitrogens with zero attached hydrogens (tertiary/aromatic N) is 2. The molecule has 3 amide bonds. The number of likely N-dealkylation sites (tertiary alicyclic amines) is 1. The van der Waals surface area contributed by atoms with E-state index >= 15 is 0 Å². The van der Waals surface area contributed by atoms with Gasteiger partial charge in [0.2, 0.25) is 0 Å². The Morgan fingerprint density at radius 1 is 1.10 bits per heavy atom. The van der Waals surface area contributed by atoms with Gasteiger partial charge in [0.15, 0.2) is 0 Å². The summed E-state index contributed by atoms with van der Waals surface area (Å²) in [5, 5.41) is 2.50. The predicted molar refractivity (Wildman–Crippen MR) is 115 cm³/mol. The fourth-order valence-corrected chi connectivity index (χ4v) is 5.52. The zero-order chi connectivity index (χ0) is 22.0. The Bertz CT molecular complexity index is 996. The van der Waals surface area contributed by atoms with Crippen LogP contribution in [0.15, 0.2) is 42.5 Å². The van der Waals surface area contributed by atoms with Crippen LogP contribution in [0.25, 0.3) is 0 Å². The second-order valence-corrected chi connectivity index (χ2v) is 8.98. The smallest absolute Gasteiger partial charge is 0.321 e. The number of methoxy groups -OCH3 is 1. The van der Waals surface area contributed by atoms with E-state index in [0.717, 1.165) is 17.9 Å². The van der Waals surface area contributed by atoms with E-state index in [2.05, 4.69) is 5.32 Å². The average molecular weight is 448 g/mol. The van der Waals surface area contributed by atoms with E-state index in [1.165, 1.54) is 6.07 Å². The van der Waals surface area contributed by atoms with Crippen LogP contribution in [0.4, 0.5) is 19.3 Å². The zero-order valence-corrected chi connectivity index (χ0v) is 17.9. The van der Waals surface area contributed by atoms with E-state index in [1.807, 2.05) is 4.90 Å². The van der Waals surface area contributed by atoms with Crippen LogP contribution in [0, 0.1) is 11.6 Å². The van der Waals surface area contributed by atoms with Gasteiger partial charge in [-0.2, -0.15) is 0 Å². The van der Waals surface area contributed by atoms with Crippen LogP contribution in [-0.4, -0.2) is 59.1 Å². The lowest BCUT2D eigenvalue weighted by Gasteiger charge is -2.44. The predicted octanol–water partition coefficient (Wildman–Crippen LogP) is 4.19. The second kappa shape index (κ2) is 8.74. The number of rotatable bonds is 3. The summed E-state index contributed by atoms with van der Waals surface area (Å²) in [4.78, 5) is 28.9. The Labute approximate surface area is 183 Å². The summed E-state index contributed by atoms with van der Waals surface area (Å²) in [6.07, 6.45) is 1.24. The minimum Gasteiger partial charge on any atom is -0.497 e. The molecule has 6 nitrogen and oxygen atoms in total. The van der Waals surface area contributed by atoms with E-state index in [9.17, 15) is 18.4 Å². The lowest BCUT2D eigenvalue weighted by atomic mass is 10.0. The highest BCUT2D eigenvalue weighted by molar-refractivity contribution is 8.00. The number of hydrogen-bond donors (Lipinski definition) is 1. The summed E-state index contributed by atoms with van der Waals surface area (Å²) in [5.41, 5.74) is 0.518. The van der Waals surface area contributed by atoms with Crippen molar-refractivity contribution in [2.24, 2.45) is 0 Å². The van der Waals surface area contributed by atoms with Crippen LogP contribution in [-0.2, 0) is 0 Å². The van der Waals surface area contributed by atoms with Crippen LogP contribution in [0.2, 0.25) is 0 Å². The maximum Gasteiger partial charge on any atom is 0.321 e. The molecule has 0 aromatic heterocycles. The third-order valence-corrected chi connectivity index (χ3v) is 7.30. The number of nitrogens with one attached hydrogen (secondary N) is 1. The Morgan fingerprint density at radius 2 is 1.87 bits per heavy atom. The van der Waals surface area contributed by atoms with E-state index in [1.54, 1.807) is 48.0 Å². The molecule has 0 aliphatic carbocycles. The monoisotopic (exact) mass is 447 g/mol. The molecule has 1 N–H and O–H groups in total. The van der Waals surface area contributed by atoms with Crippen molar-refractivity contribution in [3.05, 3.63) is 59.7 Å². The van der Waals surface area contributed by atoms with Gasteiger partial charge in [-0.15, -0.1) is 11.8 Å². The van der Waals surface area contributed by atoms with Gasteiger partial charge in [0, 0.05) is 37.0 Å². The van der Waals surface area contributed by atoms with Crippen molar-refractivity contribution in [2.75, 3.05) is 37.8 Å². The normalized spacial score (nSPS) is 17.6. The molecule has 2 fully saturated rings. The molecule has 2 aliphatic heterocycles. The van der Waals surface area contributed by atoms with Crippen molar-refractivity contribution < 1.29 is 23.1 Å². The molecule has 4 rings (SSSR count). The molecular weight excluding hydrogens is 424 g/mol. The van der Waals surface area contributed by atoms with E-state index in [-0.39, 0.29) is 16.5 Å². The molecular formula is C22H23F2N3O3S. The Morgan fingerprint density at radius 3 is 2.58 bits per heavy atom. The number of piperidine rings is 1. The van der Waals surface area contributed by atoms with Gasteiger partial charge in [-0.1, -0.05) is 6.07 Å². The molecule has 1 spiro atoms. The average Bonchev–Trinajstić information content (AvgIpc) is 3.18. The number of ether oxygens (including phenoxy) is 1. The molecule has 2 heterocycles. The fourth-order valence-electron chi connectivity index (χ4n) is 4.07. The Balaban J connectivity index is 1.42. The molecule has 164 valence electrons. The highest BCUT2D eigenvalue weighted by Crippen LogP contribution is 2.44. The maximum atomic E-state index is 13.8. The van der Waals surface area contributed by atoms with Crippen LogP contribution < -0.4 is 10.1 Å². The number of carbonyl (C=O) groups is 2. The van der Waals surface area contributed by atoms with Gasteiger partial charge in [0.1, 0.15) is 17.4 Å². The second-order valence-electron chi connectivity index (χ2n) is 7.52. The molecule has 0 atom stereocenters. The number of anilines is 1. The first-order valence-corrected chi connectivity index (χ1v) is 11.0. The molecule has 2 aromatic carbocycles. The van der Waals surface area contributed by atoms with Gasteiger partial charge >= 0.3 is 6.03 Å². The van der Waals surface area contributed by atoms with Crippen molar-refractivity contribution in [1.82, 2.24) is 9.80 Å². The lowest BCUT2D eigenvalue weighted by Crippen LogP contribution is -2.54. The van der Waals surface area contributed by atoms with Crippen molar-refractivity contribution in [3.63, 3.8) is 0 Å². The Hall–Kier alpha value is -2.81. The number of urea groups is 1. The molecule has 2 aromatic rings. The number of thioether (sulfide) groups is 1. The molecule has 0 radical (unpaired) electrons. The van der Waals surface area contributed by atoms with Gasteiger partial charge in [-0.25, -0.2) is 13.6 Å². The number of carbonyl (C=O) groups excluding carboxylic acids is 2. The van der Waals surface area contributed by atoms with Crippen LogP contribution in [0.1, 0.15) is 23.2 Å². The minimum atomic E-state index is -0.816. The summed E-state index contributed by atoms with van der Waals surface area (Å²) in [6, 6.07) is 9.71. The van der Waals surface area contributed by atoms with Gasteiger partial charge in [-0.3, -0.25) is 4.79 Å². The lowest BCUT2D eigenvalue weighted by molar-refractivity contribution is 0.0585. The summed E-state index contributed by atoms with van der Waals surface area (Å²) in [6.45, 7) is 1.51. The molecule has 31 heavy (non-hydrogen) atoms. The van der Waals surface area contributed by atoms with E-state index in [0.29, 0.717) is 43.8 Å². The Kier molecular flexibility index (Phi) is 6.04. The molecule has 0 unspecified atom stereocenters. The first kappa shape index (κ1) is 21.4. The zero-order valence-electron chi connectivity index (χ0n) is 17.1. The van der Waals surface area contributed by atoms with Crippen molar-refractivity contribution in [3.8, 4) is 5.75 Å². The van der Waals surface area contributed by atoms with E-state index in [4.69, 9.17) is 4.74 Å². The summed E-state index contributed by atoms with van der Waals surface area (Å²) in [7, 11) is 1.56.